The second-order valence-electron chi connectivity index (χ2n) is 4.08. The zero-order valence-corrected chi connectivity index (χ0v) is 10.2. The molecular weight excluding hydrogens is 231 g/mol. The number of aryl methyl sites for hydroxylation is 2. The van der Waals surface area contributed by atoms with Gasteiger partial charge in [0.15, 0.2) is 0 Å². The van der Waals surface area contributed by atoms with E-state index in [9.17, 15) is 9.18 Å². The van der Waals surface area contributed by atoms with Crippen LogP contribution in [0.3, 0.4) is 0 Å². The molecule has 0 unspecified atom stereocenters. The molecule has 1 heterocycles. The second-order valence-corrected chi connectivity index (χ2v) is 4.08. The molecule has 0 atom stereocenters. The molecule has 0 saturated carbocycles. The lowest BCUT2D eigenvalue weighted by Gasteiger charge is -2.06. The van der Waals surface area contributed by atoms with Crippen LogP contribution in [-0.2, 0) is 0 Å². The summed E-state index contributed by atoms with van der Waals surface area (Å²) in [5, 5.41) is 2.61. The van der Waals surface area contributed by atoms with Gasteiger partial charge in [-0.15, -0.1) is 0 Å². The topological polar surface area (TPSA) is 42.0 Å². The first kappa shape index (κ1) is 12.2. The highest BCUT2D eigenvalue weighted by Crippen LogP contribution is 2.14. The van der Waals surface area contributed by atoms with E-state index in [0.29, 0.717) is 16.9 Å². The van der Waals surface area contributed by atoms with E-state index >= 15 is 0 Å². The van der Waals surface area contributed by atoms with Crippen LogP contribution < -0.4 is 5.32 Å². The normalized spacial score (nSPS) is 10.2. The molecule has 0 bridgehead atoms. The van der Waals surface area contributed by atoms with Gasteiger partial charge in [-0.1, -0.05) is 12.1 Å². The van der Waals surface area contributed by atoms with E-state index in [0.717, 1.165) is 5.69 Å². The third kappa shape index (κ3) is 2.71. The average Bonchev–Trinajstić information content (AvgIpc) is 2.34. The van der Waals surface area contributed by atoms with Crippen molar-refractivity contribution in [2.45, 2.75) is 13.8 Å². The molecule has 1 N–H and O–H groups in total. The summed E-state index contributed by atoms with van der Waals surface area (Å²) in [6.45, 7) is 3.48. The average molecular weight is 244 g/mol. The Kier molecular flexibility index (Phi) is 3.37. The fourth-order valence-electron chi connectivity index (χ4n) is 1.54. The largest absolute Gasteiger partial charge is 0.321 e. The molecule has 18 heavy (non-hydrogen) atoms. The fraction of sp³-hybridized carbons (Fsp3) is 0.143. The molecule has 1 aromatic heterocycles. The maximum atomic E-state index is 13.3. The highest BCUT2D eigenvalue weighted by Gasteiger charge is 2.08. The number of halogens is 1. The highest BCUT2D eigenvalue weighted by molar-refractivity contribution is 6.02. The Morgan fingerprint density at radius 3 is 2.67 bits per heavy atom. The number of hydrogen-bond donors (Lipinski definition) is 1. The summed E-state index contributed by atoms with van der Waals surface area (Å²) in [6.07, 6.45) is 0. The number of nitrogens with one attached hydrogen (secondary N) is 1. The highest BCUT2D eigenvalue weighted by atomic mass is 19.1. The Labute approximate surface area is 105 Å². The monoisotopic (exact) mass is 244 g/mol. The zero-order chi connectivity index (χ0) is 13.1. The summed E-state index contributed by atoms with van der Waals surface area (Å²) < 4.78 is 13.3. The summed E-state index contributed by atoms with van der Waals surface area (Å²) in [7, 11) is 0. The Morgan fingerprint density at radius 2 is 2.00 bits per heavy atom. The SMILES string of the molecule is Cc1cccc(C(=O)Nc2ccc(C)c(F)c2)n1. The van der Waals surface area contributed by atoms with Crippen molar-refractivity contribution in [3.8, 4) is 0 Å². The van der Waals surface area contributed by atoms with Gasteiger partial charge in [0, 0.05) is 11.4 Å². The third-order valence-corrected chi connectivity index (χ3v) is 2.55. The van der Waals surface area contributed by atoms with Gasteiger partial charge in [-0.05, 0) is 43.7 Å². The Hall–Kier alpha value is -2.23. The van der Waals surface area contributed by atoms with Gasteiger partial charge in [-0.3, -0.25) is 4.79 Å². The molecule has 2 rings (SSSR count). The number of rotatable bonds is 2. The number of carbonyl (C=O) groups is 1. The molecule has 4 heteroatoms. The molecule has 0 spiro atoms. The van der Waals surface area contributed by atoms with Gasteiger partial charge in [0.25, 0.3) is 5.91 Å². The molecule has 0 fully saturated rings. The molecule has 1 aromatic carbocycles. The number of nitrogens with zero attached hydrogens (tertiary/aromatic N) is 1. The molecule has 0 aliphatic carbocycles. The number of benzene rings is 1. The third-order valence-electron chi connectivity index (χ3n) is 2.55. The van der Waals surface area contributed by atoms with Crippen molar-refractivity contribution in [1.29, 1.82) is 0 Å². The molecule has 0 radical (unpaired) electrons. The van der Waals surface area contributed by atoms with Gasteiger partial charge in [0.05, 0.1) is 0 Å². The summed E-state index contributed by atoms with van der Waals surface area (Å²) in [5.74, 6) is -0.688. The van der Waals surface area contributed by atoms with Gasteiger partial charge in [0.1, 0.15) is 11.5 Å². The lowest BCUT2D eigenvalue weighted by atomic mass is 10.2. The van der Waals surface area contributed by atoms with Crippen molar-refractivity contribution in [2.24, 2.45) is 0 Å². The smallest absolute Gasteiger partial charge is 0.274 e. The van der Waals surface area contributed by atoms with Gasteiger partial charge in [-0.25, -0.2) is 9.37 Å². The summed E-state index contributed by atoms with van der Waals surface area (Å²) >= 11 is 0. The molecule has 2 aromatic rings. The number of anilines is 1. The number of aromatic nitrogens is 1. The number of amides is 1. The quantitative estimate of drug-likeness (QED) is 0.882. The minimum Gasteiger partial charge on any atom is -0.321 e. The van der Waals surface area contributed by atoms with Crippen LogP contribution in [0.1, 0.15) is 21.7 Å². The molecule has 0 aliphatic heterocycles. The van der Waals surface area contributed by atoms with Gasteiger partial charge >= 0.3 is 0 Å². The molecule has 1 amide bonds. The van der Waals surface area contributed by atoms with Gasteiger partial charge < -0.3 is 5.32 Å². The molecular formula is C14H13FN2O. The van der Waals surface area contributed by atoms with Crippen molar-refractivity contribution in [2.75, 3.05) is 5.32 Å². The first-order valence-electron chi connectivity index (χ1n) is 5.57. The van der Waals surface area contributed by atoms with E-state index in [1.165, 1.54) is 6.07 Å². The van der Waals surface area contributed by atoms with E-state index in [2.05, 4.69) is 10.3 Å². The van der Waals surface area contributed by atoms with Crippen molar-refractivity contribution in [3.05, 3.63) is 59.2 Å². The van der Waals surface area contributed by atoms with E-state index < -0.39 is 0 Å². The van der Waals surface area contributed by atoms with Gasteiger partial charge in [-0.2, -0.15) is 0 Å². The Morgan fingerprint density at radius 1 is 1.22 bits per heavy atom. The lowest BCUT2D eigenvalue weighted by Crippen LogP contribution is -2.14. The van der Waals surface area contributed by atoms with E-state index in [-0.39, 0.29) is 11.7 Å². The second kappa shape index (κ2) is 4.96. The fourth-order valence-corrected chi connectivity index (χ4v) is 1.54. The lowest BCUT2D eigenvalue weighted by molar-refractivity contribution is 0.102. The minimum atomic E-state index is -0.345. The molecule has 92 valence electrons. The molecule has 3 nitrogen and oxygen atoms in total. The summed E-state index contributed by atoms with van der Waals surface area (Å²) in [6, 6.07) is 9.76. The first-order valence-corrected chi connectivity index (χ1v) is 5.57. The van der Waals surface area contributed by atoms with Crippen LogP contribution in [-0.4, -0.2) is 10.9 Å². The number of pyridine rings is 1. The van der Waals surface area contributed by atoms with E-state index in [4.69, 9.17) is 0 Å². The van der Waals surface area contributed by atoms with Gasteiger partial charge in [0.2, 0.25) is 0 Å². The summed E-state index contributed by atoms with van der Waals surface area (Å²) in [4.78, 5) is 16.0. The Bertz CT molecular complexity index is 596. The van der Waals surface area contributed by atoms with Crippen LogP contribution in [0.5, 0.6) is 0 Å². The van der Waals surface area contributed by atoms with Crippen LogP contribution in [0, 0.1) is 19.7 Å². The molecule has 0 saturated heterocycles. The van der Waals surface area contributed by atoms with Crippen LogP contribution in [0.2, 0.25) is 0 Å². The number of hydrogen-bond acceptors (Lipinski definition) is 2. The first-order chi connectivity index (χ1) is 8.56. The van der Waals surface area contributed by atoms with Crippen LogP contribution in [0.25, 0.3) is 0 Å². The summed E-state index contributed by atoms with van der Waals surface area (Å²) in [5.41, 5.74) is 2.04. The maximum absolute atomic E-state index is 13.3. The van der Waals surface area contributed by atoms with E-state index in [1.54, 1.807) is 31.2 Å². The van der Waals surface area contributed by atoms with Crippen molar-refractivity contribution in [1.82, 2.24) is 4.98 Å². The zero-order valence-electron chi connectivity index (χ0n) is 10.2. The van der Waals surface area contributed by atoms with E-state index in [1.807, 2.05) is 13.0 Å². The van der Waals surface area contributed by atoms with Crippen LogP contribution >= 0.6 is 0 Å². The predicted octanol–water partition coefficient (Wildman–Crippen LogP) is 3.09. The Balaban J connectivity index is 2.18. The predicted molar refractivity (Wildman–Crippen MR) is 68.1 cm³/mol. The van der Waals surface area contributed by atoms with Crippen LogP contribution in [0.15, 0.2) is 36.4 Å². The number of carbonyl (C=O) groups excluding carboxylic acids is 1. The standard InChI is InChI=1S/C14H13FN2O/c1-9-6-7-11(8-12(9)15)17-14(18)13-5-3-4-10(2)16-13/h3-8H,1-2H3,(H,17,18). The molecule has 0 aliphatic rings. The van der Waals surface area contributed by atoms with Crippen molar-refractivity contribution < 1.29 is 9.18 Å². The minimum absolute atomic E-state index is 0.316. The maximum Gasteiger partial charge on any atom is 0.274 e. The van der Waals surface area contributed by atoms with Crippen molar-refractivity contribution in [3.63, 3.8) is 0 Å². The van der Waals surface area contributed by atoms with Crippen molar-refractivity contribution >= 4 is 11.6 Å². The van der Waals surface area contributed by atoms with Crippen LogP contribution in [0.4, 0.5) is 10.1 Å².